The van der Waals surface area contributed by atoms with E-state index in [1.807, 2.05) is 0 Å². The molecule has 1 unspecified atom stereocenters. The van der Waals surface area contributed by atoms with Gasteiger partial charge in [0.05, 0.1) is 5.60 Å². The highest BCUT2D eigenvalue weighted by atomic mass is 16.3. The Kier molecular flexibility index (Phi) is 3.18. The summed E-state index contributed by atoms with van der Waals surface area (Å²) in [7, 11) is 0. The Morgan fingerprint density at radius 1 is 1.16 bits per heavy atom. The molecule has 1 saturated heterocycles. The molecule has 1 fully saturated rings. The number of rotatable bonds is 1. The summed E-state index contributed by atoms with van der Waals surface area (Å²) in [5.74, 6) is 0.380. The van der Waals surface area contributed by atoms with E-state index in [0.717, 1.165) is 38.8 Å². The first kappa shape index (κ1) is 13.1. The first-order valence-corrected chi connectivity index (χ1v) is 7.57. The van der Waals surface area contributed by atoms with Gasteiger partial charge in [0, 0.05) is 0 Å². The third kappa shape index (κ3) is 1.93. The molecule has 1 aliphatic carbocycles. The second-order valence-corrected chi connectivity index (χ2v) is 6.83. The van der Waals surface area contributed by atoms with E-state index in [9.17, 15) is 5.11 Å². The van der Waals surface area contributed by atoms with Gasteiger partial charge < -0.3 is 10.4 Å². The molecule has 0 aromatic heterocycles. The molecular formula is C17H25NO. The number of piperidine rings is 1. The van der Waals surface area contributed by atoms with E-state index in [0.29, 0.717) is 5.92 Å². The Morgan fingerprint density at radius 3 is 2.58 bits per heavy atom. The lowest BCUT2D eigenvalue weighted by Crippen LogP contribution is -2.53. The summed E-state index contributed by atoms with van der Waals surface area (Å²) in [6.45, 7) is 6.55. The molecular weight excluding hydrogens is 234 g/mol. The maximum absolute atomic E-state index is 11.6. The van der Waals surface area contributed by atoms with E-state index in [4.69, 9.17) is 0 Å². The van der Waals surface area contributed by atoms with E-state index < -0.39 is 5.60 Å². The molecule has 0 amide bonds. The highest BCUT2D eigenvalue weighted by molar-refractivity contribution is 5.38. The lowest BCUT2D eigenvalue weighted by Gasteiger charge is -2.53. The maximum Gasteiger partial charge on any atom is 0.0978 e. The second-order valence-electron chi connectivity index (χ2n) is 6.83. The van der Waals surface area contributed by atoms with Crippen LogP contribution < -0.4 is 5.32 Å². The smallest absolute Gasteiger partial charge is 0.0978 e. The number of aryl methyl sites for hydroxylation is 1. The summed E-state index contributed by atoms with van der Waals surface area (Å²) >= 11 is 0. The highest BCUT2D eigenvalue weighted by Gasteiger charge is 2.52. The molecule has 2 nitrogen and oxygen atoms in total. The summed E-state index contributed by atoms with van der Waals surface area (Å²) in [6.07, 6.45) is 4.32. The number of aliphatic hydroxyl groups is 1. The standard InChI is InChI=1S/C17H25NO/c1-16(2)10-7-13-5-3-4-6-15(13)17(16,19)14-8-11-18-12-9-14/h3-6,14,18-19H,7-12H2,1-2H3. The third-order valence-electron chi connectivity index (χ3n) is 5.41. The number of nitrogens with one attached hydrogen (secondary N) is 1. The molecule has 19 heavy (non-hydrogen) atoms. The van der Waals surface area contributed by atoms with Crippen LogP contribution in [-0.4, -0.2) is 18.2 Å². The Balaban J connectivity index is 2.09. The van der Waals surface area contributed by atoms with E-state index >= 15 is 0 Å². The van der Waals surface area contributed by atoms with Gasteiger partial charge in [-0.2, -0.15) is 0 Å². The minimum absolute atomic E-state index is 0.0383. The van der Waals surface area contributed by atoms with Crippen molar-refractivity contribution in [1.29, 1.82) is 0 Å². The first-order valence-electron chi connectivity index (χ1n) is 7.57. The molecule has 0 radical (unpaired) electrons. The van der Waals surface area contributed by atoms with E-state index in [2.05, 4.69) is 43.4 Å². The van der Waals surface area contributed by atoms with Crippen LogP contribution in [0.1, 0.15) is 44.2 Å². The fourth-order valence-electron chi connectivity index (χ4n) is 4.12. The Morgan fingerprint density at radius 2 is 1.84 bits per heavy atom. The van der Waals surface area contributed by atoms with Gasteiger partial charge in [-0.3, -0.25) is 0 Å². The molecule has 1 atom stereocenters. The highest BCUT2D eigenvalue weighted by Crippen LogP contribution is 2.54. The van der Waals surface area contributed by atoms with Crippen molar-refractivity contribution in [2.45, 2.75) is 45.1 Å². The maximum atomic E-state index is 11.6. The topological polar surface area (TPSA) is 32.3 Å². The molecule has 2 aliphatic rings. The fourth-order valence-corrected chi connectivity index (χ4v) is 4.12. The minimum atomic E-state index is -0.663. The van der Waals surface area contributed by atoms with Crippen molar-refractivity contribution in [2.75, 3.05) is 13.1 Å². The van der Waals surface area contributed by atoms with Gasteiger partial charge in [-0.05, 0) is 61.2 Å². The largest absolute Gasteiger partial charge is 0.384 e. The van der Waals surface area contributed by atoms with Crippen LogP contribution in [-0.2, 0) is 12.0 Å². The van der Waals surface area contributed by atoms with Gasteiger partial charge in [0.2, 0.25) is 0 Å². The van der Waals surface area contributed by atoms with Crippen molar-refractivity contribution < 1.29 is 5.11 Å². The Labute approximate surface area is 116 Å². The van der Waals surface area contributed by atoms with Crippen LogP contribution in [0, 0.1) is 11.3 Å². The number of benzene rings is 1. The average molecular weight is 259 g/mol. The zero-order chi connectivity index (χ0) is 13.5. The van der Waals surface area contributed by atoms with Gasteiger partial charge in [0.25, 0.3) is 0 Å². The third-order valence-corrected chi connectivity index (χ3v) is 5.41. The second kappa shape index (κ2) is 4.60. The molecule has 1 aromatic rings. The molecule has 3 rings (SSSR count). The van der Waals surface area contributed by atoms with Gasteiger partial charge in [-0.15, -0.1) is 0 Å². The number of fused-ring (bicyclic) bond motifs is 1. The lowest BCUT2D eigenvalue weighted by atomic mass is 9.56. The van der Waals surface area contributed by atoms with Crippen molar-refractivity contribution in [3.05, 3.63) is 35.4 Å². The zero-order valence-electron chi connectivity index (χ0n) is 12.1. The van der Waals surface area contributed by atoms with Crippen molar-refractivity contribution in [1.82, 2.24) is 5.32 Å². The van der Waals surface area contributed by atoms with Crippen LogP contribution in [0.4, 0.5) is 0 Å². The molecule has 0 spiro atoms. The zero-order valence-corrected chi connectivity index (χ0v) is 12.1. The number of hydrogen-bond donors (Lipinski definition) is 2. The van der Waals surface area contributed by atoms with Crippen molar-refractivity contribution in [3.63, 3.8) is 0 Å². The van der Waals surface area contributed by atoms with E-state index in [-0.39, 0.29) is 5.41 Å². The van der Waals surface area contributed by atoms with Gasteiger partial charge >= 0.3 is 0 Å². The molecule has 0 saturated carbocycles. The molecule has 2 heteroatoms. The van der Waals surface area contributed by atoms with Crippen LogP contribution >= 0.6 is 0 Å². The summed E-state index contributed by atoms with van der Waals surface area (Å²) in [5, 5.41) is 15.1. The summed E-state index contributed by atoms with van der Waals surface area (Å²) < 4.78 is 0. The van der Waals surface area contributed by atoms with Gasteiger partial charge in [-0.1, -0.05) is 38.1 Å². The minimum Gasteiger partial charge on any atom is -0.384 e. The molecule has 104 valence electrons. The molecule has 1 aliphatic heterocycles. The first-order chi connectivity index (χ1) is 9.06. The average Bonchev–Trinajstić information content (AvgIpc) is 2.44. The predicted molar refractivity (Wildman–Crippen MR) is 78.0 cm³/mol. The Bertz CT molecular complexity index is 462. The summed E-state index contributed by atoms with van der Waals surface area (Å²) in [6, 6.07) is 8.52. The monoisotopic (exact) mass is 259 g/mol. The predicted octanol–water partition coefficient (Wildman–Crippen LogP) is 2.85. The van der Waals surface area contributed by atoms with Crippen LogP contribution in [0.25, 0.3) is 0 Å². The molecule has 0 bridgehead atoms. The molecule has 2 N–H and O–H groups in total. The van der Waals surface area contributed by atoms with Crippen molar-refractivity contribution in [3.8, 4) is 0 Å². The molecule has 1 aromatic carbocycles. The van der Waals surface area contributed by atoms with Gasteiger partial charge in [-0.25, -0.2) is 0 Å². The van der Waals surface area contributed by atoms with Crippen LogP contribution in [0.15, 0.2) is 24.3 Å². The normalized spacial score (nSPS) is 30.9. The SMILES string of the molecule is CC1(C)CCc2ccccc2C1(O)C1CCNCC1. The number of hydrogen-bond acceptors (Lipinski definition) is 2. The van der Waals surface area contributed by atoms with Gasteiger partial charge in [0.1, 0.15) is 0 Å². The summed E-state index contributed by atoms with van der Waals surface area (Å²) in [4.78, 5) is 0. The summed E-state index contributed by atoms with van der Waals surface area (Å²) in [5.41, 5.74) is 1.84. The van der Waals surface area contributed by atoms with Crippen LogP contribution in [0.5, 0.6) is 0 Å². The Hall–Kier alpha value is -0.860. The quantitative estimate of drug-likeness (QED) is 0.813. The van der Waals surface area contributed by atoms with E-state index in [1.165, 1.54) is 11.1 Å². The van der Waals surface area contributed by atoms with Gasteiger partial charge in [0.15, 0.2) is 0 Å². The van der Waals surface area contributed by atoms with Crippen molar-refractivity contribution >= 4 is 0 Å². The fraction of sp³-hybridized carbons (Fsp3) is 0.647. The van der Waals surface area contributed by atoms with Crippen LogP contribution in [0.2, 0.25) is 0 Å². The van der Waals surface area contributed by atoms with E-state index in [1.54, 1.807) is 0 Å². The van der Waals surface area contributed by atoms with Crippen LogP contribution in [0.3, 0.4) is 0 Å². The lowest BCUT2D eigenvalue weighted by molar-refractivity contribution is -0.137. The van der Waals surface area contributed by atoms with Crippen molar-refractivity contribution in [2.24, 2.45) is 11.3 Å². The molecule has 1 heterocycles.